The zero-order valence-electron chi connectivity index (χ0n) is 18.9. The molecule has 2 aromatic heterocycles. The summed E-state index contributed by atoms with van der Waals surface area (Å²) in [5.41, 5.74) is 1.11. The SMILES string of the molecule is COc1ccc(CN=C(NCc2nnc(C)n2C)NC2CCc3nc(C)nn3C2)cc1.I. The van der Waals surface area contributed by atoms with Gasteiger partial charge in [0, 0.05) is 19.5 Å². The van der Waals surface area contributed by atoms with E-state index >= 15 is 0 Å². The van der Waals surface area contributed by atoms with Crippen LogP contribution in [0.25, 0.3) is 0 Å². The summed E-state index contributed by atoms with van der Waals surface area (Å²) < 4.78 is 9.20. The summed E-state index contributed by atoms with van der Waals surface area (Å²) in [6.45, 7) is 5.72. The molecule has 2 N–H and O–H groups in total. The van der Waals surface area contributed by atoms with Gasteiger partial charge < -0.3 is 19.9 Å². The van der Waals surface area contributed by atoms with E-state index in [1.54, 1.807) is 7.11 Å². The molecule has 3 aromatic rings. The van der Waals surface area contributed by atoms with Crippen LogP contribution in [0.4, 0.5) is 0 Å². The van der Waals surface area contributed by atoms with Crippen molar-refractivity contribution < 1.29 is 4.74 Å². The average Bonchev–Trinajstić information content (AvgIpc) is 3.31. The minimum Gasteiger partial charge on any atom is -0.497 e. The summed E-state index contributed by atoms with van der Waals surface area (Å²) in [7, 11) is 3.63. The third-order valence-electron chi connectivity index (χ3n) is 5.48. The molecule has 1 aliphatic rings. The van der Waals surface area contributed by atoms with E-state index in [9.17, 15) is 0 Å². The summed E-state index contributed by atoms with van der Waals surface area (Å²) in [5.74, 6) is 5.18. The molecule has 32 heavy (non-hydrogen) atoms. The molecule has 4 rings (SSSR count). The topological polar surface area (TPSA) is 107 Å². The van der Waals surface area contributed by atoms with Crippen LogP contribution in [-0.4, -0.2) is 48.6 Å². The van der Waals surface area contributed by atoms with Gasteiger partial charge in [-0.3, -0.25) is 0 Å². The van der Waals surface area contributed by atoms with Gasteiger partial charge in [-0.15, -0.1) is 34.2 Å². The van der Waals surface area contributed by atoms with Crippen LogP contribution in [-0.2, 0) is 33.1 Å². The lowest BCUT2D eigenvalue weighted by Gasteiger charge is -2.25. The lowest BCUT2D eigenvalue weighted by atomic mass is 10.1. The summed E-state index contributed by atoms with van der Waals surface area (Å²) in [4.78, 5) is 9.30. The van der Waals surface area contributed by atoms with E-state index < -0.39 is 0 Å². The van der Waals surface area contributed by atoms with Crippen molar-refractivity contribution in [2.75, 3.05) is 7.11 Å². The van der Waals surface area contributed by atoms with Crippen molar-refractivity contribution in [3.05, 3.63) is 53.1 Å². The Morgan fingerprint density at radius 1 is 1.22 bits per heavy atom. The van der Waals surface area contributed by atoms with Crippen molar-refractivity contribution in [2.45, 2.75) is 52.4 Å². The van der Waals surface area contributed by atoms with Crippen molar-refractivity contribution in [3.8, 4) is 5.75 Å². The lowest BCUT2D eigenvalue weighted by Crippen LogP contribution is -2.47. The zero-order chi connectivity index (χ0) is 21.8. The maximum atomic E-state index is 5.24. The molecular weight excluding hydrogens is 521 g/mol. The molecule has 0 saturated carbocycles. The predicted octanol–water partition coefficient (Wildman–Crippen LogP) is 1.90. The van der Waals surface area contributed by atoms with E-state index in [4.69, 9.17) is 9.73 Å². The molecular formula is C21H30IN9O. The number of guanidine groups is 1. The number of nitrogens with one attached hydrogen (secondary N) is 2. The van der Waals surface area contributed by atoms with Crippen LogP contribution in [0.2, 0.25) is 0 Å². The van der Waals surface area contributed by atoms with E-state index in [1.807, 2.05) is 54.4 Å². The van der Waals surface area contributed by atoms with Gasteiger partial charge in [0.1, 0.15) is 23.2 Å². The third kappa shape index (κ3) is 5.75. The number of hydrogen-bond acceptors (Lipinski definition) is 6. The second-order valence-corrected chi connectivity index (χ2v) is 7.73. The highest BCUT2D eigenvalue weighted by Gasteiger charge is 2.22. The minimum absolute atomic E-state index is 0. The molecule has 1 unspecified atom stereocenters. The van der Waals surface area contributed by atoms with Gasteiger partial charge in [-0.05, 0) is 38.0 Å². The van der Waals surface area contributed by atoms with Crippen LogP contribution in [0.3, 0.4) is 0 Å². The Hall–Kier alpha value is -2.70. The summed E-state index contributed by atoms with van der Waals surface area (Å²) in [5, 5.41) is 19.8. The number of aryl methyl sites for hydroxylation is 3. The Kier molecular flexibility index (Phi) is 8.04. The standard InChI is InChI=1S/C21H29N9O.HI/c1-14-24-19-10-7-17(13-30(19)28-14)25-21(23-12-20-27-26-15(2)29(20)3)22-11-16-5-8-18(31-4)9-6-16;/h5-6,8-9,17H,7,10-13H2,1-4H3,(H2,22,23,25);1H. The van der Waals surface area contributed by atoms with Crippen LogP contribution >= 0.6 is 24.0 Å². The summed E-state index contributed by atoms with van der Waals surface area (Å²) in [6, 6.07) is 8.16. The molecule has 1 aromatic carbocycles. The van der Waals surface area contributed by atoms with Crippen molar-refractivity contribution in [1.29, 1.82) is 0 Å². The Balaban J connectivity index is 0.00000289. The van der Waals surface area contributed by atoms with Crippen LogP contribution in [0, 0.1) is 13.8 Å². The average molecular weight is 551 g/mol. The normalized spacial score (nSPS) is 15.6. The number of aliphatic imine (C=N–C) groups is 1. The number of hydrogen-bond donors (Lipinski definition) is 2. The van der Waals surface area contributed by atoms with Gasteiger partial charge in [0.2, 0.25) is 0 Å². The van der Waals surface area contributed by atoms with Gasteiger partial charge >= 0.3 is 0 Å². The lowest BCUT2D eigenvalue weighted by molar-refractivity contribution is 0.392. The first-order chi connectivity index (χ1) is 15.0. The Morgan fingerprint density at radius 2 is 2.00 bits per heavy atom. The monoisotopic (exact) mass is 551 g/mol. The Bertz CT molecular complexity index is 1060. The van der Waals surface area contributed by atoms with Crippen LogP contribution in [0.1, 0.15) is 35.3 Å². The molecule has 172 valence electrons. The number of nitrogens with zero attached hydrogens (tertiary/aromatic N) is 7. The fourth-order valence-electron chi connectivity index (χ4n) is 3.57. The second-order valence-electron chi connectivity index (χ2n) is 7.73. The highest BCUT2D eigenvalue weighted by atomic mass is 127. The summed E-state index contributed by atoms with van der Waals surface area (Å²) in [6.07, 6.45) is 1.87. The van der Waals surface area contributed by atoms with Gasteiger partial charge in [0.15, 0.2) is 11.8 Å². The van der Waals surface area contributed by atoms with E-state index in [-0.39, 0.29) is 30.0 Å². The van der Waals surface area contributed by atoms with Gasteiger partial charge in [-0.25, -0.2) is 14.7 Å². The smallest absolute Gasteiger partial charge is 0.192 e. The number of benzene rings is 1. The molecule has 0 bridgehead atoms. The molecule has 3 heterocycles. The number of rotatable bonds is 6. The van der Waals surface area contributed by atoms with E-state index in [0.717, 1.165) is 60.0 Å². The van der Waals surface area contributed by atoms with Gasteiger partial charge in [0.05, 0.1) is 26.7 Å². The zero-order valence-corrected chi connectivity index (χ0v) is 21.2. The first-order valence-corrected chi connectivity index (χ1v) is 10.4. The Morgan fingerprint density at radius 3 is 2.69 bits per heavy atom. The molecule has 11 heteroatoms. The maximum absolute atomic E-state index is 5.24. The predicted molar refractivity (Wildman–Crippen MR) is 132 cm³/mol. The maximum Gasteiger partial charge on any atom is 0.192 e. The van der Waals surface area contributed by atoms with Crippen molar-refractivity contribution in [2.24, 2.45) is 12.0 Å². The number of halogens is 1. The highest BCUT2D eigenvalue weighted by molar-refractivity contribution is 14.0. The summed E-state index contributed by atoms with van der Waals surface area (Å²) >= 11 is 0. The first kappa shape index (κ1) is 24.0. The third-order valence-corrected chi connectivity index (χ3v) is 5.48. The number of aromatic nitrogens is 6. The molecule has 0 amide bonds. The van der Waals surface area contributed by atoms with Crippen molar-refractivity contribution in [3.63, 3.8) is 0 Å². The largest absolute Gasteiger partial charge is 0.497 e. The first-order valence-electron chi connectivity index (χ1n) is 10.4. The van der Waals surface area contributed by atoms with E-state index in [0.29, 0.717) is 13.1 Å². The molecule has 10 nitrogen and oxygen atoms in total. The van der Waals surface area contributed by atoms with Crippen LogP contribution in [0.5, 0.6) is 5.75 Å². The molecule has 0 saturated heterocycles. The van der Waals surface area contributed by atoms with Crippen molar-refractivity contribution in [1.82, 2.24) is 40.2 Å². The molecule has 0 fully saturated rings. The number of fused-ring (bicyclic) bond motifs is 1. The van der Waals surface area contributed by atoms with Gasteiger partial charge in [-0.2, -0.15) is 5.10 Å². The fourth-order valence-corrected chi connectivity index (χ4v) is 3.57. The second kappa shape index (κ2) is 10.7. The molecule has 1 atom stereocenters. The van der Waals surface area contributed by atoms with Crippen LogP contribution in [0.15, 0.2) is 29.3 Å². The number of methoxy groups -OCH3 is 1. The number of ether oxygens (including phenoxy) is 1. The highest BCUT2D eigenvalue weighted by Crippen LogP contribution is 2.14. The fraction of sp³-hybridized carbons (Fsp3) is 0.476. The molecule has 0 radical (unpaired) electrons. The van der Waals surface area contributed by atoms with E-state index in [1.165, 1.54) is 0 Å². The van der Waals surface area contributed by atoms with Gasteiger partial charge in [-0.1, -0.05) is 12.1 Å². The Labute approximate surface area is 204 Å². The van der Waals surface area contributed by atoms with E-state index in [2.05, 4.69) is 30.9 Å². The molecule has 1 aliphatic heterocycles. The quantitative estimate of drug-likeness (QED) is 0.274. The van der Waals surface area contributed by atoms with Crippen LogP contribution < -0.4 is 15.4 Å². The van der Waals surface area contributed by atoms with Gasteiger partial charge in [0.25, 0.3) is 0 Å². The molecule has 0 aliphatic carbocycles. The molecule has 0 spiro atoms. The van der Waals surface area contributed by atoms with Crippen molar-refractivity contribution >= 4 is 29.9 Å². The minimum atomic E-state index is 0.